The number of carbonyl (C=O) groups excluding carboxylic acids is 2. The van der Waals surface area contributed by atoms with E-state index in [9.17, 15) is 9.59 Å². The van der Waals surface area contributed by atoms with E-state index in [0.717, 1.165) is 43.4 Å². The van der Waals surface area contributed by atoms with Gasteiger partial charge in [-0.3, -0.25) is 9.59 Å². The Labute approximate surface area is 197 Å². The summed E-state index contributed by atoms with van der Waals surface area (Å²) in [6.07, 6.45) is 2.68. The number of piperidine rings is 1. The highest BCUT2D eigenvalue weighted by molar-refractivity contribution is 7.71. The third kappa shape index (κ3) is 4.67. The van der Waals surface area contributed by atoms with Crippen molar-refractivity contribution in [3.63, 3.8) is 0 Å². The Kier molecular flexibility index (Phi) is 6.20. The smallest absolute Gasteiger partial charge is 0.257 e. The molecule has 5 rings (SSSR count). The minimum Gasteiger partial charge on any atom is -0.359 e. The van der Waals surface area contributed by atoms with Crippen LogP contribution in [0.4, 0.5) is 5.82 Å². The van der Waals surface area contributed by atoms with Crippen LogP contribution in [0.15, 0.2) is 54.6 Å². The van der Waals surface area contributed by atoms with Crippen molar-refractivity contribution in [3.8, 4) is 0 Å². The van der Waals surface area contributed by atoms with Crippen LogP contribution in [0, 0.1) is 4.77 Å². The van der Waals surface area contributed by atoms with E-state index in [1.165, 1.54) is 10.1 Å². The number of nitrogens with zero attached hydrogens (tertiary/aromatic N) is 2. The highest BCUT2D eigenvalue weighted by atomic mass is 32.1. The zero-order valence-electron chi connectivity index (χ0n) is 18.4. The van der Waals surface area contributed by atoms with Gasteiger partial charge in [0.15, 0.2) is 0 Å². The SMILES string of the molecule is O=C(CCC1Nc2c3ccccc3nc(=S)n2C1=O)NC1CC[NH+](Cc2ccccc2)CC1. The van der Waals surface area contributed by atoms with Gasteiger partial charge in [-0.2, -0.15) is 0 Å². The van der Waals surface area contributed by atoms with Crippen molar-refractivity contribution in [2.75, 3.05) is 18.4 Å². The summed E-state index contributed by atoms with van der Waals surface area (Å²) in [7, 11) is 0. The predicted octanol–water partition coefficient (Wildman–Crippen LogP) is 2.34. The van der Waals surface area contributed by atoms with Gasteiger partial charge >= 0.3 is 0 Å². The number of para-hydroxylation sites is 1. The molecule has 1 saturated heterocycles. The third-order valence-corrected chi connectivity index (χ3v) is 6.91. The fourth-order valence-electron chi connectivity index (χ4n) is 4.87. The lowest BCUT2D eigenvalue weighted by atomic mass is 10.0. The average Bonchev–Trinajstić information content (AvgIpc) is 3.17. The molecule has 8 heteroatoms. The molecule has 170 valence electrons. The summed E-state index contributed by atoms with van der Waals surface area (Å²) in [5.41, 5.74) is 2.11. The lowest BCUT2D eigenvalue weighted by molar-refractivity contribution is -0.918. The second kappa shape index (κ2) is 9.41. The number of benzene rings is 2. The molecule has 1 atom stereocenters. The molecule has 0 bridgehead atoms. The average molecular weight is 463 g/mol. The number of likely N-dealkylation sites (tertiary alicyclic amines) is 1. The van der Waals surface area contributed by atoms with Crippen LogP contribution in [0.1, 0.15) is 36.0 Å². The number of fused-ring (bicyclic) bond motifs is 3. The van der Waals surface area contributed by atoms with E-state index in [0.29, 0.717) is 18.7 Å². The molecule has 1 amide bonds. The molecule has 2 aliphatic rings. The summed E-state index contributed by atoms with van der Waals surface area (Å²) in [6.45, 7) is 3.13. The Hall–Kier alpha value is -3.10. The number of quaternary nitrogens is 1. The fourth-order valence-corrected chi connectivity index (χ4v) is 5.15. The monoisotopic (exact) mass is 462 g/mol. The molecule has 0 aliphatic carbocycles. The fraction of sp³-hybridized carbons (Fsp3) is 0.360. The Morgan fingerprint density at radius 2 is 1.85 bits per heavy atom. The van der Waals surface area contributed by atoms with E-state index in [4.69, 9.17) is 12.2 Å². The zero-order chi connectivity index (χ0) is 22.8. The highest BCUT2D eigenvalue weighted by Crippen LogP contribution is 2.29. The summed E-state index contributed by atoms with van der Waals surface area (Å²) in [6, 6.07) is 17.9. The first kappa shape index (κ1) is 21.7. The summed E-state index contributed by atoms with van der Waals surface area (Å²) in [5, 5.41) is 7.31. The van der Waals surface area contributed by atoms with Crippen molar-refractivity contribution in [2.24, 2.45) is 0 Å². The normalized spacial score (nSPS) is 22.1. The Bertz CT molecular complexity index is 1230. The van der Waals surface area contributed by atoms with Crippen molar-refractivity contribution >= 4 is 40.8 Å². The number of aromatic nitrogens is 2. The van der Waals surface area contributed by atoms with Gasteiger partial charge in [-0.25, -0.2) is 9.55 Å². The number of rotatable bonds is 6. The molecule has 7 nitrogen and oxygen atoms in total. The van der Waals surface area contributed by atoms with Crippen molar-refractivity contribution < 1.29 is 14.5 Å². The van der Waals surface area contributed by atoms with Crippen LogP contribution >= 0.6 is 12.2 Å². The standard InChI is InChI=1S/C25H27N5O2S/c31-22(26-18-12-14-29(15-13-18)16-17-6-2-1-3-7-17)11-10-21-24(32)30-23(27-21)19-8-4-5-9-20(19)28-25(30)33/h1-9,18,21,27H,10-16H2,(H,26,31)/p+1. The molecule has 3 aromatic rings. The molecule has 2 aromatic carbocycles. The first-order valence-corrected chi connectivity index (χ1v) is 12.0. The number of carbonyl (C=O) groups is 2. The summed E-state index contributed by atoms with van der Waals surface area (Å²) < 4.78 is 1.71. The van der Waals surface area contributed by atoms with Gasteiger partial charge in [0.2, 0.25) is 10.7 Å². The van der Waals surface area contributed by atoms with Crippen LogP contribution in [0.25, 0.3) is 10.9 Å². The number of hydrogen-bond donors (Lipinski definition) is 3. The lowest BCUT2D eigenvalue weighted by Gasteiger charge is -2.30. The van der Waals surface area contributed by atoms with E-state index in [2.05, 4.69) is 39.9 Å². The number of anilines is 1. The van der Waals surface area contributed by atoms with E-state index < -0.39 is 6.04 Å². The summed E-state index contributed by atoms with van der Waals surface area (Å²) in [5.74, 6) is 0.539. The maximum Gasteiger partial charge on any atom is 0.257 e. The molecule has 33 heavy (non-hydrogen) atoms. The van der Waals surface area contributed by atoms with Crippen LogP contribution in [0.2, 0.25) is 0 Å². The van der Waals surface area contributed by atoms with Crippen LogP contribution < -0.4 is 15.5 Å². The second-order valence-corrected chi connectivity index (χ2v) is 9.29. The molecule has 0 radical (unpaired) electrons. The predicted molar refractivity (Wildman–Crippen MR) is 130 cm³/mol. The van der Waals surface area contributed by atoms with Crippen molar-refractivity contribution in [1.82, 2.24) is 14.9 Å². The van der Waals surface area contributed by atoms with Gasteiger partial charge in [0.1, 0.15) is 18.4 Å². The minimum atomic E-state index is -0.470. The molecule has 1 unspecified atom stereocenters. The van der Waals surface area contributed by atoms with Crippen LogP contribution in [-0.4, -0.2) is 46.5 Å². The number of hydrogen-bond acceptors (Lipinski definition) is 5. The zero-order valence-corrected chi connectivity index (χ0v) is 19.2. The van der Waals surface area contributed by atoms with E-state index in [-0.39, 0.29) is 22.6 Å². The maximum atomic E-state index is 12.9. The van der Waals surface area contributed by atoms with Gasteiger partial charge in [0, 0.05) is 36.3 Å². The molecular formula is C25H28N5O2S+. The first-order chi connectivity index (χ1) is 16.1. The molecule has 3 heterocycles. The Balaban J connectivity index is 1.12. The van der Waals surface area contributed by atoms with E-state index >= 15 is 0 Å². The quantitative estimate of drug-likeness (QED) is 0.490. The minimum absolute atomic E-state index is 0.00338. The lowest BCUT2D eigenvalue weighted by Crippen LogP contribution is -3.12. The van der Waals surface area contributed by atoms with Crippen LogP contribution in [0.3, 0.4) is 0 Å². The molecule has 3 N–H and O–H groups in total. The third-order valence-electron chi connectivity index (χ3n) is 6.63. The van der Waals surface area contributed by atoms with Crippen molar-refractivity contribution in [1.29, 1.82) is 0 Å². The number of amides is 1. The topological polar surface area (TPSA) is 80.5 Å². The van der Waals surface area contributed by atoms with Gasteiger partial charge < -0.3 is 15.5 Å². The maximum absolute atomic E-state index is 12.9. The highest BCUT2D eigenvalue weighted by Gasteiger charge is 2.32. The first-order valence-electron chi connectivity index (χ1n) is 11.6. The van der Waals surface area contributed by atoms with Gasteiger partial charge in [-0.15, -0.1) is 0 Å². The van der Waals surface area contributed by atoms with Gasteiger partial charge in [0.25, 0.3) is 5.91 Å². The molecule has 0 saturated carbocycles. The molecule has 2 aliphatic heterocycles. The van der Waals surface area contributed by atoms with Crippen molar-refractivity contribution in [2.45, 2.75) is 44.3 Å². The second-order valence-electron chi connectivity index (χ2n) is 8.92. The Morgan fingerprint density at radius 3 is 2.64 bits per heavy atom. The van der Waals surface area contributed by atoms with Gasteiger partial charge in [-0.1, -0.05) is 42.5 Å². The van der Waals surface area contributed by atoms with Crippen molar-refractivity contribution in [3.05, 3.63) is 64.9 Å². The van der Waals surface area contributed by atoms with Gasteiger partial charge in [-0.05, 0) is 30.8 Å². The molecule has 1 fully saturated rings. The molecule has 1 aromatic heterocycles. The molecular weight excluding hydrogens is 434 g/mol. The molecule has 0 spiro atoms. The van der Waals surface area contributed by atoms with Crippen LogP contribution in [-0.2, 0) is 11.3 Å². The van der Waals surface area contributed by atoms with E-state index in [1.807, 2.05) is 30.3 Å². The summed E-state index contributed by atoms with van der Waals surface area (Å²) >= 11 is 5.34. The summed E-state index contributed by atoms with van der Waals surface area (Å²) in [4.78, 5) is 31.4. The number of nitrogens with one attached hydrogen (secondary N) is 3. The van der Waals surface area contributed by atoms with Crippen LogP contribution in [0.5, 0.6) is 0 Å². The largest absolute Gasteiger partial charge is 0.359 e. The van der Waals surface area contributed by atoms with E-state index in [1.54, 1.807) is 4.90 Å². The Morgan fingerprint density at radius 1 is 1.12 bits per heavy atom. The van der Waals surface area contributed by atoms with Gasteiger partial charge in [0.05, 0.1) is 18.6 Å².